The van der Waals surface area contributed by atoms with Crippen molar-refractivity contribution in [1.29, 1.82) is 0 Å². The number of hydrazone groups is 1. The molecule has 3 heterocycles. The Kier molecular flexibility index (Phi) is 4.71. The molecule has 8 nitrogen and oxygen atoms in total. The molecular formula is C18H18FN3O5. The van der Waals surface area contributed by atoms with Gasteiger partial charge in [0.1, 0.15) is 5.82 Å². The van der Waals surface area contributed by atoms with Crippen LogP contribution in [0, 0.1) is 5.82 Å². The molecule has 2 unspecified atom stereocenters. The van der Waals surface area contributed by atoms with E-state index in [9.17, 15) is 18.8 Å². The summed E-state index contributed by atoms with van der Waals surface area (Å²) in [4.78, 5) is 39.1. The summed E-state index contributed by atoms with van der Waals surface area (Å²) in [6.45, 7) is 1.59. The van der Waals surface area contributed by atoms with Crippen LogP contribution in [0.15, 0.2) is 29.4 Å². The highest BCUT2D eigenvalue weighted by Crippen LogP contribution is 2.24. The van der Waals surface area contributed by atoms with E-state index in [4.69, 9.17) is 9.47 Å². The summed E-state index contributed by atoms with van der Waals surface area (Å²) in [7, 11) is 0. The summed E-state index contributed by atoms with van der Waals surface area (Å²) in [5, 5.41) is 4.99. The van der Waals surface area contributed by atoms with Gasteiger partial charge in [-0.3, -0.25) is 14.4 Å². The average molecular weight is 375 g/mol. The van der Waals surface area contributed by atoms with E-state index in [1.807, 2.05) is 0 Å². The molecule has 0 aliphatic carbocycles. The zero-order valence-corrected chi connectivity index (χ0v) is 14.5. The van der Waals surface area contributed by atoms with Gasteiger partial charge in [0, 0.05) is 13.2 Å². The molecule has 0 bridgehead atoms. The number of nitrogens with zero attached hydrogens (tertiary/aromatic N) is 3. The van der Waals surface area contributed by atoms with Crippen LogP contribution in [0.3, 0.4) is 0 Å². The Labute approximate surface area is 154 Å². The average Bonchev–Trinajstić information content (AvgIpc) is 2.68. The molecule has 2 saturated heterocycles. The maximum Gasteiger partial charge on any atom is 0.278 e. The van der Waals surface area contributed by atoms with Crippen molar-refractivity contribution >= 4 is 29.0 Å². The number of carbonyl (C=O) groups is 3. The number of hydrogen-bond donors (Lipinski definition) is 0. The minimum Gasteiger partial charge on any atom is -0.379 e. The number of Topliss-reactive ketones (excluding diaryl/α,β-unsaturated/α-hetero) is 1. The van der Waals surface area contributed by atoms with Crippen molar-refractivity contribution in [3.05, 3.63) is 30.1 Å². The molecule has 0 spiro atoms. The maximum atomic E-state index is 13.1. The second-order valence-electron chi connectivity index (χ2n) is 6.57. The van der Waals surface area contributed by atoms with Crippen molar-refractivity contribution in [2.45, 2.75) is 25.0 Å². The van der Waals surface area contributed by atoms with Crippen molar-refractivity contribution in [2.24, 2.45) is 5.10 Å². The van der Waals surface area contributed by atoms with Gasteiger partial charge in [0.2, 0.25) is 0 Å². The lowest BCUT2D eigenvalue weighted by Crippen LogP contribution is -2.60. The predicted molar refractivity (Wildman–Crippen MR) is 91.6 cm³/mol. The molecule has 2 atom stereocenters. The minimum atomic E-state index is -0.622. The number of anilines is 1. The lowest BCUT2D eigenvalue weighted by Gasteiger charge is -2.43. The summed E-state index contributed by atoms with van der Waals surface area (Å²) in [6.07, 6.45) is 0.0805. The summed E-state index contributed by atoms with van der Waals surface area (Å²) in [5.41, 5.74) is -0.00907. The number of hydrogen-bond acceptors (Lipinski definition) is 6. The van der Waals surface area contributed by atoms with Crippen LogP contribution in [0.5, 0.6) is 0 Å². The Hall–Kier alpha value is -2.65. The summed E-state index contributed by atoms with van der Waals surface area (Å²) >= 11 is 0. The summed E-state index contributed by atoms with van der Waals surface area (Å²) in [6, 6.07) is 4.82. The van der Waals surface area contributed by atoms with Crippen LogP contribution in [0.1, 0.15) is 12.8 Å². The quantitative estimate of drug-likeness (QED) is 0.703. The second kappa shape index (κ2) is 7.16. The third kappa shape index (κ3) is 3.35. The van der Waals surface area contributed by atoms with Crippen molar-refractivity contribution in [2.75, 3.05) is 31.4 Å². The van der Waals surface area contributed by atoms with Gasteiger partial charge in [0.05, 0.1) is 37.5 Å². The fourth-order valence-corrected chi connectivity index (χ4v) is 3.50. The number of morpholine rings is 1. The lowest BCUT2D eigenvalue weighted by molar-refractivity contribution is -0.155. The third-order valence-corrected chi connectivity index (χ3v) is 4.88. The van der Waals surface area contributed by atoms with Gasteiger partial charge in [-0.25, -0.2) is 4.39 Å². The van der Waals surface area contributed by atoms with Crippen LogP contribution in [0.2, 0.25) is 0 Å². The first-order chi connectivity index (χ1) is 13.0. The van der Waals surface area contributed by atoms with Crippen LogP contribution >= 0.6 is 0 Å². The van der Waals surface area contributed by atoms with Crippen molar-refractivity contribution < 1.29 is 28.2 Å². The zero-order chi connectivity index (χ0) is 19.0. The molecule has 1 aromatic carbocycles. The van der Waals surface area contributed by atoms with Crippen LogP contribution in [0.25, 0.3) is 0 Å². The first kappa shape index (κ1) is 17.7. The number of ether oxygens (including phenoxy) is 2. The highest BCUT2D eigenvalue weighted by Gasteiger charge is 2.42. The maximum absolute atomic E-state index is 13.1. The second-order valence-corrected chi connectivity index (χ2v) is 6.57. The van der Waals surface area contributed by atoms with Gasteiger partial charge >= 0.3 is 0 Å². The number of amides is 2. The molecule has 4 rings (SSSR count). The van der Waals surface area contributed by atoms with Crippen LogP contribution in [0.4, 0.5) is 10.1 Å². The van der Waals surface area contributed by atoms with Gasteiger partial charge in [-0.05, 0) is 30.7 Å². The first-order valence-corrected chi connectivity index (χ1v) is 8.75. The Morgan fingerprint density at radius 1 is 1.19 bits per heavy atom. The highest BCUT2D eigenvalue weighted by atomic mass is 19.1. The van der Waals surface area contributed by atoms with Gasteiger partial charge < -0.3 is 14.4 Å². The normalized spacial score (nSPS) is 25.9. The van der Waals surface area contributed by atoms with Crippen molar-refractivity contribution in [1.82, 2.24) is 4.90 Å². The number of fused-ring (bicyclic) bond motifs is 1. The zero-order valence-electron chi connectivity index (χ0n) is 14.5. The monoisotopic (exact) mass is 375 g/mol. The van der Waals surface area contributed by atoms with Crippen molar-refractivity contribution in [3.63, 3.8) is 0 Å². The topological polar surface area (TPSA) is 88.5 Å². The van der Waals surface area contributed by atoms with Gasteiger partial charge in [-0.15, -0.1) is 0 Å². The third-order valence-electron chi connectivity index (χ3n) is 4.88. The van der Waals surface area contributed by atoms with E-state index in [0.29, 0.717) is 38.5 Å². The largest absolute Gasteiger partial charge is 0.379 e. The first-order valence-electron chi connectivity index (χ1n) is 8.75. The Balaban J connectivity index is 1.63. The summed E-state index contributed by atoms with van der Waals surface area (Å²) in [5.74, 6) is -2.19. The van der Waals surface area contributed by atoms with Crippen LogP contribution in [-0.4, -0.2) is 66.7 Å². The fourth-order valence-electron chi connectivity index (χ4n) is 3.50. The summed E-state index contributed by atoms with van der Waals surface area (Å²) < 4.78 is 24.3. The van der Waals surface area contributed by atoms with Crippen molar-refractivity contribution in [3.8, 4) is 0 Å². The Bertz CT molecular complexity index is 808. The molecule has 3 aliphatic rings. The van der Waals surface area contributed by atoms with E-state index in [1.165, 1.54) is 24.3 Å². The smallest absolute Gasteiger partial charge is 0.278 e. The number of halogens is 1. The molecule has 2 amide bonds. The molecule has 1 aromatic rings. The molecule has 27 heavy (non-hydrogen) atoms. The Morgan fingerprint density at radius 2 is 1.96 bits per heavy atom. The molecular weight excluding hydrogens is 357 g/mol. The number of benzene rings is 1. The molecule has 142 valence electrons. The molecule has 2 fully saturated rings. The van der Waals surface area contributed by atoms with Gasteiger partial charge in [0.15, 0.2) is 11.5 Å². The molecule has 9 heteroatoms. The van der Waals surface area contributed by atoms with E-state index >= 15 is 0 Å². The predicted octanol–water partition coefficient (Wildman–Crippen LogP) is 0.504. The van der Waals surface area contributed by atoms with Gasteiger partial charge in [0.25, 0.3) is 11.8 Å². The van der Waals surface area contributed by atoms with Gasteiger partial charge in [-0.2, -0.15) is 10.1 Å². The van der Waals surface area contributed by atoms with Gasteiger partial charge in [-0.1, -0.05) is 0 Å². The van der Waals surface area contributed by atoms with E-state index in [2.05, 4.69) is 5.10 Å². The SMILES string of the molecule is O=C1CC(=O)N(c2ccc(F)cc2)N=C1C(=O)N1CCOC2CCOCC21. The van der Waals surface area contributed by atoms with E-state index in [1.54, 1.807) is 4.90 Å². The lowest BCUT2D eigenvalue weighted by atomic mass is 10.0. The standard InChI is InChI=1S/C18H18FN3O5/c19-11-1-3-12(4-2-11)22-16(24)9-14(23)17(20-22)18(25)21-6-8-27-15-5-7-26-10-13(15)21/h1-4,13,15H,5-10H2. The van der Waals surface area contributed by atoms with Crippen LogP contribution in [-0.2, 0) is 23.9 Å². The van der Waals surface area contributed by atoms with E-state index in [-0.39, 0.29) is 17.9 Å². The fraction of sp³-hybridized carbons (Fsp3) is 0.444. The number of rotatable bonds is 2. The van der Waals surface area contributed by atoms with Crippen LogP contribution < -0.4 is 5.01 Å². The number of carbonyl (C=O) groups excluding carboxylic acids is 3. The molecule has 0 aromatic heterocycles. The Morgan fingerprint density at radius 3 is 2.74 bits per heavy atom. The molecule has 0 N–H and O–H groups in total. The molecule has 0 saturated carbocycles. The minimum absolute atomic E-state index is 0.134. The number of ketones is 1. The van der Waals surface area contributed by atoms with E-state index in [0.717, 1.165) is 5.01 Å². The molecule has 0 radical (unpaired) electrons. The highest BCUT2D eigenvalue weighted by molar-refractivity contribution is 6.67. The van der Waals surface area contributed by atoms with E-state index < -0.39 is 29.8 Å². The molecule has 3 aliphatic heterocycles.